The molecule has 33 heavy (non-hydrogen) atoms. The highest BCUT2D eigenvalue weighted by Gasteiger charge is 2.35. The van der Waals surface area contributed by atoms with E-state index in [1.54, 1.807) is 0 Å². The summed E-state index contributed by atoms with van der Waals surface area (Å²) in [6, 6.07) is 8.12. The molecular weight excluding hydrogens is 452 g/mol. The molecule has 3 rings (SSSR count). The topological polar surface area (TPSA) is 49.8 Å². The second-order valence-electron chi connectivity index (χ2n) is 8.28. The fourth-order valence-corrected chi connectivity index (χ4v) is 4.26. The summed E-state index contributed by atoms with van der Waals surface area (Å²) in [6.45, 7) is 0.961. The molecule has 1 saturated heterocycles. The zero-order valence-corrected chi connectivity index (χ0v) is 17.7. The second kappa shape index (κ2) is 9.62. The third kappa shape index (κ3) is 6.63. The Balaban J connectivity index is 1.86. The Morgan fingerprint density at radius 2 is 1.64 bits per heavy atom. The molecule has 180 valence electrons. The first-order chi connectivity index (χ1) is 15.3. The maximum Gasteiger partial charge on any atom is 0.416 e. The van der Waals surface area contributed by atoms with Crippen molar-refractivity contribution in [1.82, 2.24) is 4.90 Å². The van der Waals surface area contributed by atoms with Crippen molar-refractivity contribution in [3.05, 3.63) is 64.7 Å². The zero-order valence-electron chi connectivity index (χ0n) is 17.7. The van der Waals surface area contributed by atoms with Crippen LogP contribution in [0.25, 0.3) is 0 Å². The average Bonchev–Trinajstić information content (AvgIpc) is 2.72. The summed E-state index contributed by atoms with van der Waals surface area (Å²) in [7, 11) is 1.27. The van der Waals surface area contributed by atoms with Crippen molar-refractivity contribution < 1.29 is 41.0 Å². The van der Waals surface area contributed by atoms with Gasteiger partial charge >= 0.3 is 18.3 Å². The summed E-state index contributed by atoms with van der Waals surface area (Å²) in [5.41, 5.74) is -0.650. The molecule has 2 aromatic rings. The van der Waals surface area contributed by atoms with Gasteiger partial charge in [0.2, 0.25) is 0 Å². The first-order valence-corrected chi connectivity index (χ1v) is 10.2. The summed E-state index contributed by atoms with van der Waals surface area (Å²) in [4.78, 5) is 13.2. The van der Waals surface area contributed by atoms with E-state index >= 15 is 0 Å². The molecule has 1 aliphatic rings. The highest BCUT2D eigenvalue weighted by Crippen LogP contribution is 2.38. The molecule has 0 aliphatic carbocycles. The Kier molecular flexibility index (Phi) is 7.26. The number of piperidine rings is 1. The van der Waals surface area contributed by atoms with Crippen molar-refractivity contribution in [1.29, 1.82) is 0 Å². The molecule has 0 bridgehead atoms. The Labute approximate surface area is 186 Å². The van der Waals surface area contributed by atoms with Crippen molar-refractivity contribution >= 4 is 5.97 Å². The van der Waals surface area contributed by atoms with Crippen LogP contribution in [0.1, 0.15) is 41.0 Å². The molecule has 2 atom stereocenters. The van der Waals surface area contributed by atoms with E-state index in [1.807, 2.05) is 4.90 Å². The zero-order chi connectivity index (χ0) is 24.4. The lowest BCUT2D eigenvalue weighted by Gasteiger charge is -2.38. The molecule has 4 nitrogen and oxygen atoms in total. The molecule has 0 amide bonds. The van der Waals surface area contributed by atoms with E-state index in [0.29, 0.717) is 30.6 Å². The molecule has 2 aromatic carbocycles. The van der Waals surface area contributed by atoms with Gasteiger partial charge in [-0.3, -0.25) is 9.69 Å². The molecule has 0 spiro atoms. The predicted octanol–water partition coefficient (Wildman–Crippen LogP) is 5.81. The third-order valence-electron chi connectivity index (χ3n) is 5.73. The molecule has 0 aromatic heterocycles. The Hall–Kier alpha value is -2.75. The summed E-state index contributed by atoms with van der Waals surface area (Å²) >= 11 is 0. The molecule has 1 heterocycles. The van der Waals surface area contributed by atoms with Gasteiger partial charge in [0.1, 0.15) is 5.75 Å². The number of ether oxygens (including phenoxy) is 1. The van der Waals surface area contributed by atoms with Gasteiger partial charge in [-0.25, -0.2) is 0 Å². The summed E-state index contributed by atoms with van der Waals surface area (Å²) in [6.07, 6.45) is -8.81. The average molecular weight is 475 g/mol. The normalized spacial score (nSPS) is 20.0. The fraction of sp³-hybridized carbons (Fsp3) is 0.435. The largest absolute Gasteiger partial charge is 0.497 e. The van der Waals surface area contributed by atoms with Crippen LogP contribution in [0.15, 0.2) is 42.5 Å². The number of alkyl halides is 6. The maximum absolute atomic E-state index is 13.4. The van der Waals surface area contributed by atoms with Crippen LogP contribution in [-0.2, 0) is 23.7 Å². The first kappa shape index (κ1) is 24.9. The van der Waals surface area contributed by atoms with E-state index in [4.69, 9.17) is 4.74 Å². The number of likely N-dealkylation sites (tertiary alicyclic amines) is 1. The van der Waals surface area contributed by atoms with Gasteiger partial charge in [-0.2, -0.15) is 26.3 Å². The van der Waals surface area contributed by atoms with Crippen LogP contribution in [0.2, 0.25) is 0 Å². The highest BCUT2D eigenvalue weighted by atomic mass is 19.4. The van der Waals surface area contributed by atoms with Gasteiger partial charge in [0.25, 0.3) is 0 Å². The third-order valence-corrected chi connectivity index (χ3v) is 5.73. The number of hydrogen-bond donors (Lipinski definition) is 1. The molecule has 1 N–H and O–H groups in total. The van der Waals surface area contributed by atoms with Crippen molar-refractivity contribution in [2.45, 2.75) is 37.7 Å². The molecule has 1 fully saturated rings. The van der Waals surface area contributed by atoms with Crippen LogP contribution in [-0.4, -0.2) is 36.2 Å². The van der Waals surface area contributed by atoms with Gasteiger partial charge in [0.05, 0.1) is 18.2 Å². The minimum absolute atomic E-state index is 0.0504. The summed E-state index contributed by atoms with van der Waals surface area (Å²) in [5, 5.41) is 9.24. The van der Waals surface area contributed by atoms with Crippen LogP contribution in [0, 0.1) is 5.92 Å². The van der Waals surface area contributed by atoms with Crippen molar-refractivity contribution in [3.63, 3.8) is 0 Å². The number of halogens is 6. The van der Waals surface area contributed by atoms with Gasteiger partial charge in [-0.1, -0.05) is 12.1 Å². The smallest absolute Gasteiger partial charge is 0.416 e. The molecular formula is C23H23F6NO3. The van der Waals surface area contributed by atoms with Crippen LogP contribution in [0.3, 0.4) is 0 Å². The Bertz CT molecular complexity index is 972. The molecule has 1 aliphatic heterocycles. The van der Waals surface area contributed by atoms with Crippen LogP contribution < -0.4 is 4.74 Å². The lowest BCUT2D eigenvalue weighted by Crippen LogP contribution is -2.40. The molecule has 0 saturated carbocycles. The minimum atomic E-state index is -4.57. The van der Waals surface area contributed by atoms with Gasteiger partial charge in [-0.15, -0.1) is 0 Å². The number of aliphatic carboxylic acids is 1. The van der Waals surface area contributed by atoms with Crippen molar-refractivity contribution in [2.24, 2.45) is 5.92 Å². The molecule has 0 radical (unpaired) electrons. The highest BCUT2D eigenvalue weighted by molar-refractivity contribution is 5.67. The SMILES string of the molecule is COc1cc(C2CC(CC(=O)O)CN(Cc3ccc(C(F)(F)F)cc3)C2)cc(C(F)(F)F)c1. The van der Waals surface area contributed by atoms with Gasteiger partial charge in [-0.05, 0) is 59.7 Å². The van der Waals surface area contributed by atoms with E-state index in [9.17, 15) is 36.2 Å². The monoisotopic (exact) mass is 475 g/mol. The fourth-order valence-electron chi connectivity index (χ4n) is 4.26. The standard InChI is InChI=1S/C23H23F6NO3/c1-33-20-9-16(8-19(10-20)23(27,28)29)17-6-15(7-21(31)32)12-30(13-17)11-14-2-4-18(5-3-14)22(24,25)26/h2-5,8-10,15,17H,6-7,11-13H2,1H3,(H,31,32). The number of benzene rings is 2. The van der Waals surface area contributed by atoms with Gasteiger partial charge < -0.3 is 9.84 Å². The van der Waals surface area contributed by atoms with E-state index < -0.39 is 35.4 Å². The number of nitrogens with zero attached hydrogens (tertiary/aromatic N) is 1. The van der Waals surface area contributed by atoms with E-state index in [-0.39, 0.29) is 24.6 Å². The Morgan fingerprint density at radius 1 is 1.00 bits per heavy atom. The number of hydrogen-bond acceptors (Lipinski definition) is 3. The van der Waals surface area contributed by atoms with Gasteiger partial charge in [0.15, 0.2) is 0 Å². The van der Waals surface area contributed by atoms with Gasteiger partial charge in [0, 0.05) is 26.1 Å². The molecule has 10 heteroatoms. The van der Waals surface area contributed by atoms with Crippen molar-refractivity contribution in [2.75, 3.05) is 20.2 Å². The lowest BCUT2D eigenvalue weighted by atomic mass is 9.82. The van der Waals surface area contributed by atoms with E-state index in [2.05, 4.69) is 0 Å². The number of carboxylic acid groups (broad SMARTS) is 1. The minimum Gasteiger partial charge on any atom is -0.497 e. The number of rotatable bonds is 6. The molecule has 2 unspecified atom stereocenters. The summed E-state index contributed by atoms with van der Waals surface area (Å²) < 4.78 is 83.5. The predicted molar refractivity (Wildman–Crippen MR) is 108 cm³/mol. The van der Waals surface area contributed by atoms with E-state index in [1.165, 1.54) is 25.3 Å². The van der Waals surface area contributed by atoms with Crippen LogP contribution in [0.4, 0.5) is 26.3 Å². The van der Waals surface area contributed by atoms with Crippen molar-refractivity contribution in [3.8, 4) is 5.75 Å². The number of methoxy groups -OCH3 is 1. The second-order valence-corrected chi connectivity index (χ2v) is 8.28. The number of carbonyl (C=O) groups is 1. The quantitative estimate of drug-likeness (QED) is 0.536. The van der Waals surface area contributed by atoms with Crippen LogP contribution >= 0.6 is 0 Å². The van der Waals surface area contributed by atoms with Crippen LogP contribution in [0.5, 0.6) is 5.75 Å². The summed E-state index contributed by atoms with van der Waals surface area (Å²) in [5.74, 6) is -1.68. The van der Waals surface area contributed by atoms with E-state index in [0.717, 1.165) is 24.3 Å². The Morgan fingerprint density at radius 3 is 2.18 bits per heavy atom. The maximum atomic E-state index is 13.4. The first-order valence-electron chi connectivity index (χ1n) is 10.2. The number of carboxylic acids is 1. The lowest BCUT2D eigenvalue weighted by molar-refractivity contribution is -0.139.